The lowest BCUT2D eigenvalue weighted by molar-refractivity contribution is -0.121. The number of amides is 4. The quantitative estimate of drug-likeness (QED) is 0.180. The number of anilines is 2. The maximum absolute atomic E-state index is 13.5. The molecule has 9 nitrogen and oxygen atoms in total. The zero-order chi connectivity index (χ0) is 31.1. The van der Waals surface area contributed by atoms with Gasteiger partial charge in [0.25, 0.3) is 11.8 Å². The van der Waals surface area contributed by atoms with Crippen molar-refractivity contribution >= 4 is 52.8 Å². The van der Waals surface area contributed by atoms with Crippen molar-refractivity contribution in [1.82, 2.24) is 5.32 Å². The number of nitrogens with zero attached hydrogens (tertiary/aromatic N) is 1. The standard InChI is InChI=1S/C34H29N3O6S/c1-42-26-15-18-29(43-2)23(19-26)20-28(36-32(39)22-9-5-3-6-10-22)33(40)35-24-13-16-27(17-14-24)44-30-21-31(38)37(34(30)41)25-11-7-4-8-12-25/h3-20,30H,21H2,1-2H3,(H,35,40)(H,36,39)/b28-20-. The largest absolute Gasteiger partial charge is 0.497 e. The molecule has 1 aliphatic heterocycles. The summed E-state index contributed by atoms with van der Waals surface area (Å²) in [5.74, 6) is -0.492. The minimum atomic E-state index is -0.561. The summed E-state index contributed by atoms with van der Waals surface area (Å²) in [6, 6.07) is 29.5. The molecule has 0 saturated carbocycles. The lowest BCUT2D eigenvalue weighted by atomic mass is 10.1. The van der Waals surface area contributed by atoms with E-state index < -0.39 is 17.1 Å². The smallest absolute Gasteiger partial charge is 0.272 e. The molecule has 1 aliphatic rings. The van der Waals surface area contributed by atoms with Crippen molar-refractivity contribution in [3.63, 3.8) is 0 Å². The molecule has 0 aromatic heterocycles. The Balaban J connectivity index is 1.33. The van der Waals surface area contributed by atoms with Crippen LogP contribution in [0.3, 0.4) is 0 Å². The molecule has 1 fully saturated rings. The fourth-order valence-electron chi connectivity index (χ4n) is 4.57. The molecule has 1 atom stereocenters. The summed E-state index contributed by atoms with van der Waals surface area (Å²) in [6.45, 7) is 0. The Morgan fingerprint density at radius 3 is 2.20 bits per heavy atom. The van der Waals surface area contributed by atoms with Crippen LogP contribution in [0.15, 0.2) is 114 Å². The zero-order valence-electron chi connectivity index (χ0n) is 24.0. The van der Waals surface area contributed by atoms with Crippen LogP contribution in [0.5, 0.6) is 11.5 Å². The maximum atomic E-state index is 13.5. The molecule has 4 aromatic carbocycles. The number of methoxy groups -OCH3 is 2. The van der Waals surface area contributed by atoms with Crippen LogP contribution in [-0.4, -0.2) is 43.1 Å². The lowest BCUT2D eigenvalue weighted by Crippen LogP contribution is -2.31. The van der Waals surface area contributed by atoms with Crippen LogP contribution < -0.4 is 25.0 Å². The van der Waals surface area contributed by atoms with E-state index in [2.05, 4.69) is 10.6 Å². The number of imide groups is 1. The molecule has 0 aliphatic carbocycles. The summed E-state index contributed by atoms with van der Waals surface area (Å²) < 4.78 is 10.8. The van der Waals surface area contributed by atoms with Crippen LogP contribution in [0.25, 0.3) is 6.08 Å². The third-order valence-corrected chi connectivity index (χ3v) is 7.97. The maximum Gasteiger partial charge on any atom is 0.272 e. The van der Waals surface area contributed by atoms with E-state index in [1.165, 1.54) is 37.0 Å². The molecule has 44 heavy (non-hydrogen) atoms. The SMILES string of the molecule is COc1ccc(OC)c(/C=C(\NC(=O)c2ccccc2)C(=O)Nc2ccc(SC3CC(=O)N(c4ccccc4)C3=O)cc2)c1. The van der Waals surface area contributed by atoms with Gasteiger partial charge in [-0.3, -0.25) is 19.2 Å². The van der Waals surface area contributed by atoms with E-state index in [0.29, 0.717) is 34.0 Å². The van der Waals surface area contributed by atoms with Crippen molar-refractivity contribution in [2.75, 3.05) is 24.4 Å². The Morgan fingerprint density at radius 1 is 0.864 bits per heavy atom. The molecule has 1 heterocycles. The van der Waals surface area contributed by atoms with Gasteiger partial charge in [0.2, 0.25) is 11.8 Å². The van der Waals surface area contributed by atoms with E-state index in [-0.39, 0.29) is 23.9 Å². The van der Waals surface area contributed by atoms with Gasteiger partial charge in [0.1, 0.15) is 17.2 Å². The van der Waals surface area contributed by atoms with Crippen LogP contribution in [-0.2, 0) is 14.4 Å². The normalized spacial score (nSPS) is 14.7. The molecular weight excluding hydrogens is 578 g/mol. The van der Waals surface area contributed by atoms with Gasteiger partial charge in [0.05, 0.1) is 25.2 Å². The number of hydrogen-bond acceptors (Lipinski definition) is 7. The third-order valence-electron chi connectivity index (χ3n) is 6.78. The number of ether oxygens (including phenoxy) is 2. The Kier molecular flexibility index (Phi) is 9.41. The van der Waals surface area contributed by atoms with Gasteiger partial charge in [-0.15, -0.1) is 11.8 Å². The summed E-state index contributed by atoms with van der Waals surface area (Å²) in [7, 11) is 3.04. The topological polar surface area (TPSA) is 114 Å². The Morgan fingerprint density at radius 2 is 1.55 bits per heavy atom. The average molecular weight is 608 g/mol. The Labute approximate surface area is 258 Å². The molecule has 5 rings (SSSR count). The first-order valence-corrected chi connectivity index (χ1v) is 14.5. The van der Waals surface area contributed by atoms with Gasteiger partial charge in [-0.2, -0.15) is 0 Å². The van der Waals surface area contributed by atoms with Crippen molar-refractivity contribution in [3.05, 3.63) is 120 Å². The number of nitrogens with one attached hydrogen (secondary N) is 2. The number of benzene rings is 4. The van der Waals surface area contributed by atoms with E-state index >= 15 is 0 Å². The van der Waals surface area contributed by atoms with E-state index in [4.69, 9.17) is 9.47 Å². The van der Waals surface area contributed by atoms with Gasteiger partial charge >= 0.3 is 0 Å². The number of thioether (sulfide) groups is 1. The van der Waals surface area contributed by atoms with E-state index in [0.717, 1.165) is 4.90 Å². The molecule has 1 saturated heterocycles. The van der Waals surface area contributed by atoms with Gasteiger partial charge in [0, 0.05) is 28.1 Å². The number of rotatable bonds is 10. The second-order valence-electron chi connectivity index (χ2n) is 9.68. The summed E-state index contributed by atoms with van der Waals surface area (Å²) in [5, 5.41) is 4.98. The molecule has 222 valence electrons. The number of hydrogen-bond donors (Lipinski definition) is 2. The van der Waals surface area contributed by atoms with Crippen LogP contribution in [0.2, 0.25) is 0 Å². The summed E-state index contributed by atoms with van der Waals surface area (Å²) >= 11 is 1.29. The van der Waals surface area contributed by atoms with Gasteiger partial charge in [-0.1, -0.05) is 36.4 Å². The molecule has 10 heteroatoms. The van der Waals surface area contributed by atoms with Gasteiger partial charge in [0.15, 0.2) is 0 Å². The number of carbonyl (C=O) groups excluding carboxylic acids is 4. The van der Waals surface area contributed by atoms with E-state index in [1.54, 1.807) is 97.1 Å². The molecule has 0 radical (unpaired) electrons. The van der Waals surface area contributed by atoms with Crippen LogP contribution in [0, 0.1) is 0 Å². The molecule has 0 spiro atoms. The lowest BCUT2D eigenvalue weighted by Gasteiger charge is -2.15. The first-order chi connectivity index (χ1) is 21.4. The average Bonchev–Trinajstić information content (AvgIpc) is 3.33. The molecule has 2 N–H and O–H groups in total. The van der Waals surface area contributed by atoms with Crippen molar-refractivity contribution in [1.29, 1.82) is 0 Å². The van der Waals surface area contributed by atoms with Crippen LogP contribution in [0.4, 0.5) is 11.4 Å². The second-order valence-corrected chi connectivity index (χ2v) is 11.0. The fraction of sp³-hybridized carbons (Fsp3) is 0.118. The Bertz CT molecular complexity index is 1710. The highest BCUT2D eigenvalue weighted by molar-refractivity contribution is 8.00. The number of carbonyl (C=O) groups is 4. The minimum absolute atomic E-state index is 0.0140. The molecule has 4 aromatic rings. The van der Waals surface area contributed by atoms with Crippen LogP contribution in [0.1, 0.15) is 22.3 Å². The van der Waals surface area contributed by atoms with Gasteiger partial charge in [-0.05, 0) is 72.8 Å². The van der Waals surface area contributed by atoms with E-state index in [9.17, 15) is 19.2 Å². The van der Waals surface area contributed by atoms with Crippen molar-refractivity contribution in [2.24, 2.45) is 0 Å². The molecule has 0 bridgehead atoms. The predicted octanol–water partition coefficient (Wildman–Crippen LogP) is 5.54. The zero-order valence-corrected chi connectivity index (χ0v) is 24.8. The third kappa shape index (κ3) is 6.99. The predicted molar refractivity (Wildman–Crippen MR) is 170 cm³/mol. The van der Waals surface area contributed by atoms with Crippen molar-refractivity contribution < 1.29 is 28.7 Å². The first kappa shape index (κ1) is 30.1. The minimum Gasteiger partial charge on any atom is -0.497 e. The summed E-state index contributed by atoms with van der Waals surface area (Å²) in [4.78, 5) is 54.1. The van der Waals surface area contributed by atoms with Crippen molar-refractivity contribution in [3.8, 4) is 11.5 Å². The summed E-state index contributed by atoms with van der Waals surface area (Å²) in [6.07, 6.45) is 1.61. The second kappa shape index (κ2) is 13.7. The Hall–Kier alpha value is -5.35. The summed E-state index contributed by atoms with van der Waals surface area (Å²) in [5.41, 5.74) is 1.92. The van der Waals surface area contributed by atoms with Gasteiger partial charge < -0.3 is 20.1 Å². The fourth-order valence-corrected chi connectivity index (χ4v) is 5.63. The van der Waals surface area contributed by atoms with E-state index in [1.807, 2.05) is 6.07 Å². The highest BCUT2D eigenvalue weighted by Gasteiger charge is 2.40. The van der Waals surface area contributed by atoms with Gasteiger partial charge in [-0.25, -0.2) is 4.90 Å². The highest BCUT2D eigenvalue weighted by Crippen LogP contribution is 2.34. The number of para-hydroxylation sites is 1. The van der Waals surface area contributed by atoms with Crippen LogP contribution >= 0.6 is 11.8 Å². The van der Waals surface area contributed by atoms with Crippen molar-refractivity contribution in [2.45, 2.75) is 16.6 Å². The molecule has 1 unspecified atom stereocenters. The monoisotopic (exact) mass is 607 g/mol. The highest BCUT2D eigenvalue weighted by atomic mass is 32.2. The molecular formula is C34H29N3O6S. The first-order valence-electron chi connectivity index (χ1n) is 13.7. The molecule has 4 amide bonds.